The summed E-state index contributed by atoms with van der Waals surface area (Å²) in [5.41, 5.74) is 0. The largest absolute Gasteiger partial charge is 0.481 e. The van der Waals surface area contributed by atoms with E-state index in [1.165, 1.54) is 0 Å². The topological polar surface area (TPSA) is 75.6 Å². The van der Waals surface area contributed by atoms with E-state index in [-0.39, 0.29) is 17.7 Å². The van der Waals surface area contributed by atoms with E-state index in [1.54, 1.807) is 0 Å². The van der Waals surface area contributed by atoms with Gasteiger partial charge in [0, 0.05) is 25.7 Å². The van der Waals surface area contributed by atoms with Crippen molar-refractivity contribution in [3.63, 3.8) is 0 Å². The summed E-state index contributed by atoms with van der Waals surface area (Å²) in [6, 6.07) is 0. The molecule has 0 aromatic rings. The van der Waals surface area contributed by atoms with Crippen LogP contribution in [0.15, 0.2) is 0 Å². The Morgan fingerprint density at radius 1 is 1.30 bits per heavy atom. The Labute approximate surface area is 121 Å². The van der Waals surface area contributed by atoms with E-state index in [1.807, 2.05) is 0 Å². The summed E-state index contributed by atoms with van der Waals surface area (Å²) in [5.74, 6) is -0.737. The first-order chi connectivity index (χ1) is 9.50. The van der Waals surface area contributed by atoms with Crippen molar-refractivity contribution in [2.75, 3.05) is 19.8 Å². The molecular weight excluding hydrogens is 258 g/mol. The van der Waals surface area contributed by atoms with Crippen LogP contribution in [0.5, 0.6) is 0 Å². The summed E-state index contributed by atoms with van der Waals surface area (Å²) in [4.78, 5) is 22.9. The number of nitrogens with one attached hydrogen (secondary N) is 1. The van der Waals surface area contributed by atoms with Crippen LogP contribution >= 0.6 is 0 Å². The predicted molar refractivity (Wildman–Crippen MR) is 76.4 cm³/mol. The number of carboxylic acids is 1. The lowest BCUT2D eigenvalue weighted by atomic mass is 9.81. The second kappa shape index (κ2) is 8.95. The van der Waals surface area contributed by atoms with Gasteiger partial charge in [-0.15, -0.1) is 0 Å². The van der Waals surface area contributed by atoms with Crippen LogP contribution in [-0.4, -0.2) is 36.7 Å². The molecule has 5 heteroatoms. The number of carboxylic acid groups (broad SMARTS) is 1. The van der Waals surface area contributed by atoms with Crippen LogP contribution in [0, 0.1) is 17.8 Å². The maximum atomic E-state index is 12.0. The quantitative estimate of drug-likeness (QED) is 0.669. The Morgan fingerprint density at radius 3 is 2.65 bits per heavy atom. The molecule has 0 heterocycles. The molecule has 0 saturated heterocycles. The molecule has 0 aromatic heterocycles. The molecule has 1 amide bonds. The van der Waals surface area contributed by atoms with E-state index in [9.17, 15) is 9.59 Å². The molecule has 116 valence electrons. The van der Waals surface area contributed by atoms with E-state index < -0.39 is 5.97 Å². The van der Waals surface area contributed by atoms with Gasteiger partial charge in [0.25, 0.3) is 0 Å². The molecule has 1 fully saturated rings. The van der Waals surface area contributed by atoms with Crippen LogP contribution in [0.1, 0.15) is 46.0 Å². The molecule has 0 aliphatic heterocycles. The minimum absolute atomic E-state index is 0.000176. The lowest BCUT2D eigenvalue weighted by Gasteiger charge is -2.25. The molecule has 0 spiro atoms. The SMILES string of the molecule is CC(C)COCCCNC(=O)C1CCCC(C(=O)O)C1. The Balaban J connectivity index is 2.14. The summed E-state index contributed by atoms with van der Waals surface area (Å²) in [6.45, 7) is 6.20. The third-order valence-electron chi connectivity index (χ3n) is 3.61. The summed E-state index contributed by atoms with van der Waals surface area (Å²) < 4.78 is 5.44. The molecule has 0 bridgehead atoms. The third-order valence-corrected chi connectivity index (χ3v) is 3.61. The summed E-state index contributed by atoms with van der Waals surface area (Å²) in [7, 11) is 0. The van der Waals surface area contributed by atoms with Gasteiger partial charge in [-0.05, 0) is 31.6 Å². The molecular formula is C15H27NO4. The number of rotatable bonds is 8. The van der Waals surface area contributed by atoms with Gasteiger partial charge >= 0.3 is 5.97 Å². The van der Waals surface area contributed by atoms with Crippen molar-refractivity contribution in [1.82, 2.24) is 5.32 Å². The van der Waals surface area contributed by atoms with Gasteiger partial charge in [0.05, 0.1) is 5.92 Å². The van der Waals surface area contributed by atoms with Crippen LogP contribution in [0.2, 0.25) is 0 Å². The van der Waals surface area contributed by atoms with E-state index in [0.717, 1.165) is 25.9 Å². The molecule has 1 aliphatic carbocycles. The van der Waals surface area contributed by atoms with Crippen molar-refractivity contribution in [1.29, 1.82) is 0 Å². The minimum Gasteiger partial charge on any atom is -0.481 e. The zero-order valence-corrected chi connectivity index (χ0v) is 12.6. The molecule has 1 saturated carbocycles. The Kier molecular flexibility index (Phi) is 7.59. The van der Waals surface area contributed by atoms with Crippen molar-refractivity contribution >= 4 is 11.9 Å². The molecule has 2 N–H and O–H groups in total. The molecule has 0 aromatic carbocycles. The van der Waals surface area contributed by atoms with Gasteiger partial charge in [-0.3, -0.25) is 9.59 Å². The fourth-order valence-electron chi connectivity index (χ4n) is 2.50. The second-order valence-corrected chi connectivity index (χ2v) is 6.01. The van der Waals surface area contributed by atoms with Gasteiger partial charge in [-0.25, -0.2) is 0 Å². The Hall–Kier alpha value is -1.10. The number of ether oxygens (including phenoxy) is 1. The zero-order chi connectivity index (χ0) is 15.0. The number of carbonyl (C=O) groups is 2. The van der Waals surface area contributed by atoms with Crippen LogP contribution < -0.4 is 5.32 Å². The van der Waals surface area contributed by atoms with Crippen molar-refractivity contribution < 1.29 is 19.4 Å². The number of carbonyl (C=O) groups excluding carboxylic acids is 1. The van der Waals surface area contributed by atoms with E-state index >= 15 is 0 Å². The van der Waals surface area contributed by atoms with Gasteiger partial charge in [0.2, 0.25) is 5.91 Å². The van der Waals surface area contributed by atoms with E-state index in [2.05, 4.69) is 19.2 Å². The molecule has 2 unspecified atom stereocenters. The van der Waals surface area contributed by atoms with E-state index in [0.29, 0.717) is 31.9 Å². The molecule has 20 heavy (non-hydrogen) atoms. The smallest absolute Gasteiger partial charge is 0.306 e. The lowest BCUT2D eigenvalue weighted by Crippen LogP contribution is -2.36. The zero-order valence-electron chi connectivity index (χ0n) is 12.6. The monoisotopic (exact) mass is 285 g/mol. The molecule has 1 rings (SSSR count). The van der Waals surface area contributed by atoms with Gasteiger partial charge in [0.1, 0.15) is 0 Å². The van der Waals surface area contributed by atoms with Crippen molar-refractivity contribution in [2.24, 2.45) is 17.8 Å². The van der Waals surface area contributed by atoms with Crippen LogP contribution in [-0.2, 0) is 14.3 Å². The number of hydrogen-bond donors (Lipinski definition) is 2. The van der Waals surface area contributed by atoms with Crippen molar-refractivity contribution in [3.05, 3.63) is 0 Å². The van der Waals surface area contributed by atoms with Crippen LogP contribution in [0.3, 0.4) is 0 Å². The van der Waals surface area contributed by atoms with Crippen molar-refractivity contribution in [3.8, 4) is 0 Å². The van der Waals surface area contributed by atoms with Gasteiger partial charge in [-0.2, -0.15) is 0 Å². The van der Waals surface area contributed by atoms with E-state index in [4.69, 9.17) is 9.84 Å². The number of aliphatic carboxylic acids is 1. The molecule has 5 nitrogen and oxygen atoms in total. The lowest BCUT2D eigenvalue weighted by molar-refractivity contribution is -0.144. The predicted octanol–water partition coefficient (Wildman–Crippen LogP) is 2.06. The average Bonchev–Trinajstić information content (AvgIpc) is 2.42. The highest BCUT2D eigenvalue weighted by Crippen LogP contribution is 2.29. The number of hydrogen-bond acceptors (Lipinski definition) is 3. The highest BCUT2D eigenvalue weighted by atomic mass is 16.5. The van der Waals surface area contributed by atoms with Crippen molar-refractivity contribution in [2.45, 2.75) is 46.0 Å². The Bertz CT molecular complexity index is 317. The first kappa shape index (κ1) is 17.0. The van der Waals surface area contributed by atoms with Gasteiger partial charge in [0.15, 0.2) is 0 Å². The fourth-order valence-corrected chi connectivity index (χ4v) is 2.50. The second-order valence-electron chi connectivity index (χ2n) is 6.01. The first-order valence-electron chi connectivity index (χ1n) is 7.59. The molecule has 1 aliphatic rings. The highest BCUT2D eigenvalue weighted by Gasteiger charge is 2.30. The summed E-state index contributed by atoms with van der Waals surface area (Å²) in [6.07, 6.45) is 3.60. The van der Waals surface area contributed by atoms with Gasteiger partial charge < -0.3 is 15.2 Å². The van der Waals surface area contributed by atoms with Gasteiger partial charge in [-0.1, -0.05) is 20.3 Å². The fraction of sp³-hybridized carbons (Fsp3) is 0.867. The van der Waals surface area contributed by atoms with Crippen LogP contribution in [0.25, 0.3) is 0 Å². The maximum Gasteiger partial charge on any atom is 0.306 e. The highest BCUT2D eigenvalue weighted by molar-refractivity contribution is 5.80. The van der Waals surface area contributed by atoms with Crippen LogP contribution in [0.4, 0.5) is 0 Å². The number of amides is 1. The maximum absolute atomic E-state index is 12.0. The average molecular weight is 285 g/mol. The Morgan fingerprint density at radius 2 is 2.00 bits per heavy atom. The summed E-state index contributed by atoms with van der Waals surface area (Å²) >= 11 is 0. The normalized spacial score (nSPS) is 22.8. The standard InChI is InChI=1S/C15H27NO4/c1-11(2)10-20-8-4-7-16-14(17)12-5-3-6-13(9-12)15(18)19/h11-13H,3-10H2,1-2H3,(H,16,17)(H,18,19). The third kappa shape index (κ3) is 6.37. The molecule has 2 atom stereocenters. The minimum atomic E-state index is -0.774. The first-order valence-corrected chi connectivity index (χ1v) is 7.59. The summed E-state index contributed by atoms with van der Waals surface area (Å²) in [5, 5.41) is 11.9. The molecule has 0 radical (unpaired) electrons.